The van der Waals surface area contributed by atoms with E-state index in [1.807, 2.05) is 42.2 Å². The summed E-state index contributed by atoms with van der Waals surface area (Å²) in [6.45, 7) is 4.75. The smallest absolute Gasteiger partial charge is 0.264 e. The number of rotatable bonds is 9. The number of amides is 1. The highest BCUT2D eigenvalue weighted by molar-refractivity contribution is 7.92. The quantitative estimate of drug-likeness (QED) is 0.248. The second kappa shape index (κ2) is 12.7. The van der Waals surface area contributed by atoms with Crippen molar-refractivity contribution in [2.24, 2.45) is 0 Å². The molecule has 0 N–H and O–H groups in total. The molecule has 0 saturated carbocycles. The van der Waals surface area contributed by atoms with Crippen LogP contribution in [0, 0.1) is 6.92 Å². The number of benzene rings is 4. The number of piperazine rings is 1. The molecule has 1 saturated heterocycles. The van der Waals surface area contributed by atoms with Crippen molar-refractivity contribution in [1.29, 1.82) is 0 Å². The molecule has 0 spiro atoms. The van der Waals surface area contributed by atoms with E-state index in [-0.39, 0.29) is 24.0 Å². The van der Waals surface area contributed by atoms with E-state index in [9.17, 15) is 13.2 Å². The molecule has 5 rings (SSSR count). The van der Waals surface area contributed by atoms with E-state index in [2.05, 4.69) is 17.0 Å². The molecular formula is C32H32ClN3O4S. The van der Waals surface area contributed by atoms with Gasteiger partial charge in [-0.1, -0.05) is 59.6 Å². The van der Waals surface area contributed by atoms with Crippen molar-refractivity contribution >= 4 is 38.9 Å². The number of hydrogen-bond donors (Lipinski definition) is 0. The molecule has 1 aliphatic rings. The van der Waals surface area contributed by atoms with Crippen molar-refractivity contribution in [2.75, 3.05) is 42.0 Å². The zero-order valence-electron chi connectivity index (χ0n) is 22.8. The molecule has 7 nitrogen and oxygen atoms in total. The van der Waals surface area contributed by atoms with Gasteiger partial charge in [-0.15, -0.1) is 0 Å². The predicted octanol–water partition coefficient (Wildman–Crippen LogP) is 5.77. The molecular weight excluding hydrogens is 558 g/mol. The van der Waals surface area contributed by atoms with Gasteiger partial charge < -0.3 is 14.5 Å². The van der Waals surface area contributed by atoms with Gasteiger partial charge in [-0.25, -0.2) is 8.42 Å². The summed E-state index contributed by atoms with van der Waals surface area (Å²) in [6, 6.07) is 30.8. The first-order valence-electron chi connectivity index (χ1n) is 13.4. The molecule has 0 unspecified atom stereocenters. The maximum absolute atomic E-state index is 13.7. The van der Waals surface area contributed by atoms with E-state index in [0.29, 0.717) is 29.5 Å². The summed E-state index contributed by atoms with van der Waals surface area (Å²) in [6.07, 6.45) is 0. The number of carbonyl (C=O) groups is 1. The van der Waals surface area contributed by atoms with E-state index in [1.54, 1.807) is 60.7 Å². The first-order valence-corrected chi connectivity index (χ1v) is 15.3. The monoisotopic (exact) mass is 589 g/mol. The molecule has 41 heavy (non-hydrogen) atoms. The van der Waals surface area contributed by atoms with Crippen molar-refractivity contribution in [3.8, 4) is 5.75 Å². The lowest BCUT2D eigenvalue weighted by atomic mass is 10.2. The van der Waals surface area contributed by atoms with E-state index in [1.165, 1.54) is 4.31 Å². The molecule has 0 atom stereocenters. The Morgan fingerprint density at radius 1 is 0.829 bits per heavy atom. The van der Waals surface area contributed by atoms with Gasteiger partial charge in [0.1, 0.15) is 5.75 Å². The van der Waals surface area contributed by atoms with Crippen LogP contribution in [0.3, 0.4) is 0 Å². The van der Waals surface area contributed by atoms with Crippen molar-refractivity contribution < 1.29 is 17.9 Å². The van der Waals surface area contributed by atoms with Crippen molar-refractivity contribution in [2.45, 2.75) is 18.4 Å². The fourth-order valence-corrected chi connectivity index (χ4v) is 6.28. The largest absolute Gasteiger partial charge is 0.484 e. The van der Waals surface area contributed by atoms with Gasteiger partial charge in [0.25, 0.3) is 15.9 Å². The van der Waals surface area contributed by atoms with Crippen LogP contribution in [0.1, 0.15) is 11.1 Å². The topological polar surface area (TPSA) is 70.2 Å². The molecule has 0 aliphatic carbocycles. The molecule has 4 aromatic carbocycles. The average molecular weight is 590 g/mol. The third kappa shape index (κ3) is 7.01. The van der Waals surface area contributed by atoms with Crippen LogP contribution in [0.15, 0.2) is 108 Å². The Balaban J connectivity index is 1.25. The molecule has 4 aromatic rings. The fourth-order valence-electron chi connectivity index (χ4n) is 4.71. The summed E-state index contributed by atoms with van der Waals surface area (Å²) >= 11 is 6.04. The number of hydrogen-bond acceptors (Lipinski definition) is 5. The van der Waals surface area contributed by atoms with Gasteiger partial charge in [-0.2, -0.15) is 0 Å². The molecule has 0 bridgehead atoms. The van der Waals surface area contributed by atoms with Gasteiger partial charge in [0.05, 0.1) is 17.1 Å². The normalized spacial score (nSPS) is 13.6. The van der Waals surface area contributed by atoms with Crippen molar-refractivity contribution in [3.63, 3.8) is 0 Å². The number of anilines is 2. The average Bonchev–Trinajstić information content (AvgIpc) is 3.00. The third-order valence-electron chi connectivity index (χ3n) is 7.09. The summed E-state index contributed by atoms with van der Waals surface area (Å²) < 4.78 is 34.6. The molecule has 1 amide bonds. The number of nitrogens with zero attached hydrogens (tertiary/aromatic N) is 3. The van der Waals surface area contributed by atoms with Gasteiger partial charge in [-0.05, 0) is 73.2 Å². The number of ether oxygens (including phenoxy) is 1. The summed E-state index contributed by atoms with van der Waals surface area (Å²) in [4.78, 5) is 17.1. The standard InChI is InChI=1S/C32H32ClN3O4S/c1-25-7-17-31(18-8-25)41(38,39)36(23-26-9-11-27(33)12-10-26)29-13-15-30(16-14-29)40-24-32(37)35-21-19-34(20-22-35)28-5-3-2-4-6-28/h2-18H,19-24H2,1H3. The Labute approximate surface area is 246 Å². The highest BCUT2D eigenvalue weighted by Crippen LogP contribution is 2.28. The second-order valence-electron chi connectivity index (χ2n) is 9.94. The predicted molar refractivity (Wildman–Crippen MR) is 163 cm³/mol. The molecule has 0 radical (unpaired) electrons. The number of para-hydroxylation sites is 1. The van der Waals surface area contributed by atoms with Crippen LogP contribution in [-0.4, -0.2) is 52.0 Å². The Hall–Kier alpha value is -4.01. The lowest BCUT2D eigenvalue weighted by Gasteiger charge is -2.36. The van der Waals surface area contributed by atoms with Crippen LogP contribution >= 0.6 is 11.6 Å². The maximum atomic E-state index is 13.7. The van der Waals surface area contributed by atoms with Gasteiger partial charge in [-0.3, -0.25) is 9.10 Å². The van der Waals surface area contributed by atoms with Crippen LogP contribution in [0.25, 0.3) is 0 Å². The lowest BCUT2D eigenvalue weighted by Crippen LogP contribution is -2.50. The Bertz CT molecular complexity index is 1550. The minimum Gasteiger partial charge on any atom is -0.484 e. The van der Waals surface area contributed by atoms with E-state index < -0.39 is 10.0 Å². The molecule has 0 aromatic heterocycles. The van der Waals surface area contributed by atoms with Gasteiger partial charge >= 0.3 is 0 Å². The van der Waals surface area contributed by atoms with Crippen molar-refractivity contribution in [1.82, 2.24) is 4.90 Å². The number of aryl methyl sites for hydroxylation is 1. The zero-order valence-corrected chi connectivity index (χ0v) is 24.4. The Kier molecular flexibility index (Phi) is 8.81. The van der Waals surface area contributed by atoms with E-state index >= 15 is 0 Å². The SMILES string of the molecule is Cc1ccc(S(=O)(=O)N(Cc2ccc(Cl)cc2)c2ccc(OCC(=O)N3CCN(c4ccccc4)CC3)cc2)cc1. The Morgan fingerprint density at radius 2 is 1.46 bits per heavy atom. The fraction of sp³-hybridized carbons (Fsp3) is 0.219. The molecule has 1 heterocycles. The number of halogens is 1. The van der Waals surface area contributed by atoms with E-state index in [4.69, 9.17) is 16.3 Å². The minimum absolute atomic E-state index is 0.0758. The summed E-state index contributed by atoms with van der Waals surface area (Å²) in [5, 5.41) is 0.579. The van der Waals surface area contributed by atoms with Gasteiger partial charge in [0.2, 0.25) is 0 Å². The third-order valence-corrected chi connectivity index (χ3v) is 9.13. The van der Waals surface area contributed by atoms with Crippen LogP contribution in [-0.2, 0) is 21.4 Å². The van der Waals surface area contributed by atoms with Gasteiger partial charge in [0.15, 0.2) is 6.61 Å². The number of sulfonamides is 1. The molecule has 1 fully saturated rings. The Morgan fingerprint density at radius 3 is 2.10 bits per heavy atom. The highest BCUT2D eigenvalue weighted by atomic mass is 35.5. The lowest BCUT2D eigenvalue weighted by molar-refractivity contribution is -0.133. The maximum Gasteiger partial charge on any atom is 0.264 e. The second-order valence-corrected chi connectivity index (χ2v) is 12.2. The number of carbonyl (C=O) groups excluding carboxylic acids is 1. The first-order chi connectivity index (χ1) is 19.8. The summed E-state index contributed by atoms with van der Waals surface area (Å²) in [5.41, 5.74) is 3.41. The van der Waals surface area contributed by atoms with Crippen LogP contribution in [0.4, 0.5) is 11.4 Å². The van der Waals surface area contributed by atoms with Gasteiger partial charge in [0, 0.05) is 36.9 Å². The van der Waals surface area contributed by atoms with Crippen LogP contribution in [0.5, 0.6) is 5.75 Å². The zero-order chi connectivity index (χ0) is 28.8. The first kappa shape index (κ1) is 28.5. The minimum atomic E-state index is -3.86. The van der Waals surface area contributed by atoms with Crippen molar-refractivity contribution in [3.05, 3.63) is 119 Å². The highest BCUT2D eigenvalue weighted by Gasteiger charge is 2.26. The molecule has 9 heteroatoms. The van der Waals surface area contributed by atoms with Crippen LogP contribution < -0.4 is 13.9 Å². The molecule has 212 valence electrons. The summed E-state index contributed by atoms with van der Waals surface area (Å²) in [5.74, 6) is 0.414. The molecule has 1 aliphatic heterocycles. The van der Waals surface area contributed by atoms with Crippen LogP contribution in [0.2, 0.25) is 5.02 Å². The van der Waals surface area contributed by atoms with E-state index in [0.717, 1.165) is 29.9 Å². The summed E-state index contributed by atoms with van der Waals surface area (Å²) in [7, 11) is -3.86.